The van der Waals surface area contributed by atoms with E-state index in [1.165, 1.54) is 11.1 Å². The molecule has 0 aliphatic carbocycles. The second kappa shape index (κ2) is 7.41. The van der Waals surface area contributed by atoms with Gasteiger partial charge in [0.05, 0.1) is 7.11 Å². The Hall–Kier alpha value is -1.39. The van der Waals surface area contributed by atoms with Crippen LogP contribution in [0, 0.1) is 0 Å². The molecule has 106 valence electrons. The van der Waals surface area contributed by atoms with Gasteiger partial charge in [0.25, 0.3) is 0 Å². The summed E-state index contributed by atoms with van der Waals surface area (Å²) in [7, 11) is 3.69. The lowest BCUT2D eigenvalue weighted by Crippen LogP contribution is -2.30. The van der Waals surface area contributed by atoms with Gasteiger partial charge in [0.2, 0.25) is 0 Å². The number of methoxy groups -OCH3 is 1. The Morgan fingerprint density at radius 3 is 2.80 bits per heavy atom. The zero-order valence-corrected chi connectivity index (χ0v) is 13.4. The highest BCUT2D eigenvalue weighted by atomic mass is 79.9. The summed E-state index contributed by atoms with van der Waals surface area (Å²) in [5.74, 6) is 0.888. The first-order chi connectivity index (χ1) is 9.72. The van der Waals surface area contributed by atoms with Crippen LogP contribution in [0.5, 0.6) is 5.75 Å². The molecule has 0 bridgehead atoms. The van der Waals surface area contributed by atoms with Crippen LogP contribution in [0.2, 0.25) is 0 Å². The maximum atomic E-state index is 5.29. The molecule has 0 radical (unpaired) electrons. The highest BCUT2D eigenvalue weighted by Crippen LogP contribution is 2.24. The van der Waals surface area contributed by atoms with Gasteiger partial charge in [0, 0.05) is 22.9 Å². The summed E-state index contributed by atoms with van der Waals surface area (Å²) < 4.78 is 6.41. The fraction of sp³-hybridized carbons (Fsp3) is 0.312. The zero-order valence-electron chi connectivity index (χ0n) is 11.8. The number of ether oxygens (including phenoxy) is 1. The summed E-state index contributed by atoms with van der Waals surface area (Å²) in [6, 6.07) is 10.5. The lowest BCUT2D eigenvalue weighted by molar-refractivity contribution is 0.413. The van der Waals surface area contributed by atoms with Crippen LogP contribution >= 0.6 is 15.9 Å². The van der Waals surface area contributed by atoms with Crippen LogP contribution in [0.3, 0.4) is 0 Å². The average Bonchev–Trinajstić information content (AvgIpc) is 2.49. The Balaban J connectivity index is 2.10. The van der Waals surface area contributed by atoms with Crippen LogP contribution in [0.1, 0.15) is 11.1 Å². The van der Waals surface area contributed by atoms with E-state index in [-0.39, 0.29) is 0 Å². The van der Waals surface area contributed by atoms with Crippen molar-refractivity contribution in [2.45, 2.75) is 18.9 Å². The first-order valence-electron chi connectivity index (χ1n) is 6.61. The molecule has 1 heterocycles. The third kappa shape index (κ3) is 4.05. The number of rotatable bonds is 6. The molecule has 2 rings (SSSR count). The Bertz CT molecular complexity index is 545. The monoisotopic (exact) mass is 334 g/mol. The fourth-order valence-corrected chi connectivity index (χ4v) is 2.59. The van der Waals surface area contributed by atoms with Crippen LogP contribution in [0.15, 0.2) is 47.2 Å². The highest BCUT2D eigenvalue weighted by Gasteiger charge is 2.11. The molecular formula is C16H19BrN2O. The van der Waals surface area contributed by atoms with Gasteiger partial charge >= 0.3 is 0 Å². The second-order valence-electron chi connectivity index (χ2n) is 4.71. The van der Waals surface area contributed by atoms with E-state index in [0.717, 1.165) is 23.1 Å². The number of aromatic nitrogens is 1. The molecule has 2 aromatic rings. The van der Waals surface area contributed by atoms with Crippen molar-refractivity contribution < 1.29 is 4.74 Å². The minimum absolute atomic E-state index is 0.364. The molecule has 1 atom stereocenters. The van der Waals surface area contributed by atoms with E-state index in [0.29, 0.717) is 6.04 Å². The third-order valence-corrected chi connectivity index (χ3v) is 4.11. The molecule has 0 fully saturated rings. The van der Waals surface area contributed by atoms with Gasteiger partial charge in [0.1, 0.15) is 5.75 Å². The molecule has 20 heavy (non-hydrogen) atoms. The minimum atomic E-state index is 0.364. The topological polar surface area (TPSA) is 34.2 Å². The first kappa shape index (κ1) is 15.0. The largest absolute Gasteiger partial charge is 0.497 e. The maximum absolute atomic E-state index is 5.29. The molecule has 3 nitrogen and oxygen atoms in total. The van der Waals surface area contributed by atoms with E-state index in [2.05, 4.69) is 38.4 Å². The van der Waals surface area contributed by atoms with Crippen molar-refractivity contribution in [2.75, 3.05) is 14.2 Å². The summed E-state index contributed by atoms with van der Waals surface area (Å²) in [6.07, 6.45) is 5.61. The van der Waals surface area contributed by atoms with Gasteiger partial charge in [0.15, 0.2) is 0 Å². The van der Waals surface area contributed by atoms with E-state index in [1.54, 1.807) is 13.3 Å². The molecule has 1 aromatic heterocycles. The summed E-state index contributed by atoms with van der Waals surface area (Å²) in [4.78, 5) is 4.17. The van der Waals surface area contributed by atoms with Crippen LogP contribution < -0.4 is 10.1 Å². The van der Waals surface area contributed by atoms with Crippen molar-refractivity contribution in [3.8, 4) is 5.75 Å². The van der Waals surface area contributed by atoms with Crippen LogP contribution in [-0.2, 0) is 12.8 Å². The number of nitrogens with one attached hydrogen (secondary N) is 1. The lowest BCUT2D eigenvalue weighted by atomic mass is 10.00. The van der Waals surface area contributed by atoms with Gasteiger partial charge in [-0.05, 0) is 55.3 Å². The van der Waals surface area contributed by atoms with Crippen LogP contribution in [-0.4, -0.2) is 25.2 Å². The first-order valence-corrected chi connectivity index (χ1v) is 7.41. The molecule has 4 heteroatoms. The number of pyridine rings is 1. The lowest BCUT2D eigenvalue weighted by Gasteiger charge is -2.17. The normalized spacial score (nSPS) is 12.2. The quantitative estimate of drug-likeness (QED) is 0.880. The van der Waals surface area contributed by atoms with E-state index >= 15 is 0 Å². The van der Waals surface area contributed by atoms with Gasteiger partial charge in [-0.15, -0.1) is 0 Å². The molecule has 0 saturated heterocycles. The Morgan fingerprint density at radius 2 is 2.15 bits per heavy atom. The van der Waals surface area contributed by atoms with Crippen LogP contribution in [0.25, 0.3) is 0 Å². The molecule has 0 saturated carbocycles. The maximum Gasteiger partial charge on any atom is 0.119 e. The summed E-state index contributed by atoms with van der Waals surface area (Å²) in [5.41, 5.74) is 2.48. The van der Waals surface area contributed by atoms with E-state index in [1.807, 2.05) is 31.4 Å². The van der Waals surface area contributed by atoms with Crippen molar-refractivity contribution in [2.24, 2.45) is 0 Å². The van der Waals surface area contributed by atoms with E-state index in [4.69, 9.17) is 4.74 Å². The SMILES string of the molecule is CNC(Cc1cccnc1)Cc1cc(OC)ccc1Br. The molecule has 1 aromatic carbocycles. The predicted molar refractivity (Wildman–Crippen MR) is 85.2 cm³/mol. The second-order valence-corrected chi connectivity index (χ2v) is 5.57. The molecule has 1 unspecified atom stereocenters. The molecule has 0 aliphatic rings. The molecule has 0 aliphatic heterocycles. The standard InChI is InChI=1S/C16H19BrN2O/c1-18-14(8-12-4-3-7-19-11-12)9-13-10-15(20-2)5-6-16(13)17/h3-7,10-11,14,18H,8-9H2,1-2H3. The third-order valence-electron chi connectivity index (χ3n) is 3.33. The van der Waals surface area contributed by atoms with Gasteiger partial charge < -0.3 is 10.1 Å². The Labute approximate surface area is 128 Å². The van der Waals surface area contributed by atoms with Crippen molar-refractivity contribution in [3.63, 3.8) is 0 Å². The number of halogens is 1. The number of hydrogen-bond donors (Lipinski definition) is 1. The Kier molecular flexibility index (Phi) is 5.56. The number of likely N-dealkylation sites (N-methyl/N-ethyl adjacent to an activating group) is 1. The van der Waals surface area contributed by atoms with Crippen molar-refractivity contribution in [1.29, 1.82) is 0 Å². The number of hydrogen-bond acceptors (Lipinski definition) is 3. The summed E-state index contributed by atoms with van der Waals surface area (Å²) >= 11 is 3.61. The smallest absolute Gasteiger partial charge is 0.119 e. The zero-order chi connectivity index (χ0) is 14.4. The van der Waals surface area contributed by atoms with E-state index < -0.39 is 0 Å². The van der Waals surface area contributed by atoms with Crippen molar-refractivity contribution in [3.05, 3.63) is 58.3 Å². The van der Waals surface area contributed by atoms with E-state index in [9.17, 15) is 0 Å². The van der Waals surface area contributed by atoms with Crippen LogP contribution in [0.4, 0.5) is 0 Å². The summed E-state index contributed by atoms with van der Waals surface area (Å²) in [5, 5.41) is 3.37. The average molecular weight is 335 g/mol. The highest BCUT2D eigenvalue weighted by molar-refractivity contribution is 9.10. The predicted octanol–water partition coefficient (Wildman–Crippen LogP) is 3.23. The van der Waals surface area contributed by atoms with Crippen molar-refractivity contribution >= 4 is 15.9 Å². The molecular weight excluding hydrogens is 316 g/mol. The summed E-state index contributed by atoms with van der Waals surface area (Å²) in [6.45, 7) is 0. The fourth-order valence-electron chi connectivity index (χ4n) is 2.18. The molecule has 0 spiro atoms. The van der Waals surface area contributed by atoms with Gasteiger partial charge in [-0.1, -0.05) is 22.0 Å². The number of benzene rings is 1. The Morgan fingerprint density at radius 1 is 1.30 bits per heavy atom. The minimum Gasteiger partial charge on any atom is -0.497 e. The molecule has 0 amide bonds. The van der Waals surface area contributed by atoms with Gasteiger partial charge in [-0.3, -0.25) is 4.98 Å². The van der Waals surface area contributed by atoms with Gasteiger partial charge in [-0.2, -0.15) is 0 Å². The van der Waals surface area contributed by atoms with Gasteiger partial charge in [-0.25, -0.2) is 0 Å². The molecule has 1 N–H and O–H groups in total. The van der Waals surface area contributed by atoms with Crippen molar-refractivity contribution in [1.82, 2.24) is 10.3 Å². The number of nitrogens with zero attached hydrogens (tertiary/aromatic N) is 1.